The van der Waals surface area contributed by atoms with Gasteiger partial charge < -0.3 is 9.73 Å². The van der Waals surface area contributed by atoms with Crippen LogP contribution in [-0.4, -0.2) is 24.0 Å². The van der Waals surface area contributed by atoms with Crippen LogP contribution in [0.4, 0.5) is 0 Å². The van der Waals surface area contributed by atoms with Gasteiger partial charge >= 0.3 is 0 Å². The van der Waals surface area contributed by atoms with Crippen molar-refractivity contribution >= 4 is 0 Å². The predicted molar refractivity (Wildman–Crippen MR) is 72.2 cm³/mol. The lowest BCUT2D eigenvalue weighted by Crippen LogP contribution is -2.27. The summed E-state index contributed by atoms with van der Waals surface area (Å²) >= 11 is 0. The molecule has 3 rings (SSSR count). The zero-order valence-electron chi connectivity index (χ0n) is 11.3. The van der Waals surface area contributed by atoms with Crippen molar-refractivity contribution in [2.45, 2.75) is 51.7 Å². The Morgan fingerprint density at radius 3 is 2.83 bits per heavy atom. The fourth-order valence-electron chi connectivity index (χ4n) is 2.49. The Labute approximate surface area is 110 Å². The molecule has 0 amide bonds. The number of hydrogen-bond donors (Lipinski definition) is 1. The van der Waals surface area contributed by atoms with Gasteiger partial charge in [0, 0.05) is 24.7 Å². The Morgan fingerprint density at radius 1 is 1.33 bits per heavy atom. The van der Waals surface area contributed by atoms with E-state index in [2.05, 4.69) is 23.2 Å². The lowest BCUT2D eigenvalue weighted by Gasteiger charge is -2.20. The van der Waals surface area contributed by atoms with Crippen molar-refractivity contribution in [1.82, 2.24) is 10.2 Å². The molecule has 2 saturated carbocycles. The second kappa shape index (κ2) is 5.45. The standard InChI is InChI=1S/C15H24N2O/c1-2-16-8-13-7-15(18-11-13)10-17(14-5-6-14)9-12-3-4-12/h7,11-12,14,16H,2-6,8-10H2,1H3. The van der Waals surface area contributed by atoms with E-state index in [1.807, 2.05) is 6.26 Å². The van der Waals surface area contributed by atoms with Gasteiger partial charge in [-0.25, -0.2) is 0 Å². The largest absolute Gasteiger partial charge is 0.468 e. The Hall–Kier alpha value is -0.800. The third-order valence-corrected chi connectivity index (χ3v) is 3.90. The van der Waals surface area contributed by atoms with Gasteiger partial charge in [0.2, 0.25) is 0 Å². The van der Waals surface area contributed by atoms with E-state index in [9.17, 15) is 0 Å². The predicted octanol–water partition coefficient (Wildman–Crippen LogP) is 2.76. The number of rotatable bonds is 8. The minimum absolute atomic E-state index is 0.841. The zero-order valence-corrected chi connectivity index (χ0v) is 11.3. The van der Waals surface area contributed by atoms with Crippen molar-refractivity contribution in [2.75, 3.05) is 13.1 Å². The van der Waals surface area contributed by atoms with Crippen LogP contribution in [0.15, 0.2) is 16.7 Å². The molecule has 0 saturated heterocycles. The summed E-state index contributed by atoms with van der Waals surface area (Å²) in [6.07, 6.45) is 7.55. The highest BCUT2D eigenvalue weighted by Gasteiger charge is 2.33. The molecular weight excluding hydrogens is 224 g/mol. The van der Waals surface area contributed by atoms with Gasteiger partial charge in [0.1, 0.15) is 5.76 Å². The van der Waals surface area contributed by atoms with Crippen LogP contribution in [0.2, 0.25) is 0 Å². The summed E-state index contributed by atoms with van der Waals surface area (Å²) < 4.78 is 5.69. The number of furan rings is 1. The van der Waals surface area contributed by atoms with E-state index >= 15 is 0 Å². The van der Waals surface area contributed by atoms with Crippen LogP contribution < -0.4 is 5.32 Å². The van der Waals surface area contributed by atoms with Crippen molar-refractivity contribution in [3.63, 3.8) is 0 Å². The Balaban J connectivity index is 1.54. The SMILES string of the molecule is CCNCc1coc(CN(CC2CC2)C2CC2)c1. The first-order chi connectivity index (χ1) is 8.85. The first-order valence-electron chi connectivity index (χ1n) is 7.36. The fourth-order valence-corrected chi connectivity index (χ4v) is 2.49. The minimum atomic E-state index is 0.841. The van der Waals surface area contributed by atoms with Crippen molar-refractivity contribution in [3.8, 4) is 0 Å². The maximum Gasteiger partial charge on any atom is 0.118 e. The second-order valence-corrected chi connectivity index (χ2v) is 5.81. The van der Waals surface area contributed by atoms with Gasteiger partial charge in [-0.3, -0.25) is 4.90 Å². The van der Waals surface area contributed by atoms with Gasteiger partial charge in [-0.1, -0.05) is 6.92 Å². The quantitative estimate of drug-likeness (QED) is 0.767. The van der Waals surface area contributed by atoms with Crippen molar-refractivity contribution in [1.29, 1.82) is 0 Å². The van der Waals surface area contributed by atoms with Crippen molar-refractivity contribution in [2.24, 2.45) is 5.92 Å². The number of nitrogens with one attached hydrogen (secondary N) is 1. The second-order valence-electron chi connectivity index (χ2n) is 5.81. The van der Waals surface area contributed by atoms with Crippen LogP contribution >= 0.6 is 0 Å². The molecule has 1 aromatic heterocycles. The van der Waals surface area contributed by atoms with Crippen LogP contribution in [-0.2, 0) is 13.1 Å². The molecule has 1 N–H and O–H groups in total. The Bertz CT molecular complexity index is 380. The highest BCUT2D eigenvalue weighted by atomic mass is 16.3. The third-order valence-electron chi connectivity index (χ3n) is 3.90. The average molecular weight is 248 g/mol. The lowest BCUT2D eigenvalue weighted by molar-refractivity contribution is 0.224. The van der Waals surface area contributed by atoms with E-state index < -0.39 is 0 Å². The summed E-state index contributed by atoms with van der Waals surface area (Å²) in [5.74, 6) is 2.11. The topological polar surface area (TPSA) is 28.4 Å². The minimum Gasteiger partial charge on any atom is -0.468 e. The third kappa shape index (κ3) is 3.36. The van der Waals surface area contributed by atoms with Gasteiger partial charge in [0.05, 0.1) is 12.8 Å². The van der Waals surface area contributed by atoms with Crippen molar-refractivity contribution in [3.05, 3.63) is 23.7 Å². The van der Waals surface area contributed by atoms with E-state index in [0.717, 1.165) is 37.4 Å². The van der Waals surface area contributed by atoms with E-state index in [1.165, 1.54) is 37.8 Å². The zero-order chi connectivity index (χ0) is 12.4. The van der Waals surface area contributed by atoms with Crippen molar-refractivity contribution < 1.29 is 4.42 Å². The molecule has 2 fully saturated rings. The summed E-state index contributed by atoms with van der Waals surface area (Å²) in [5.41, 5.74) is 1.27. The van der Waals surface area contributed by atoms with Gasteiger partial charge in [0.15, 0.2) is 0 Å². The smallest absolute Gasteiger partial charge is 0.118 e. The summed E-state index contributed by atoms with van der Waals surface area (Å²) in [6.45, 7) is 6.36. The molecule has 3 nitrogen and oxygen atoms in total. The first-order valence-corrected chi connectivity index (χ1v) is 7.36. The molecule has 18 heavy (non-hydrogen) atoms. The highest BCUT2D eigenvalue weighted by Crippen LogP contribution is 2.35. The maximum absolute atomic E-state index is 5.69. The summed E-state index contributed by atoms with van der Waals surface area (Å²) in [6, 6.07) is 3.05. The van der Waals surface area contributed by atoms with E-state index in [1.54, 1.807) is 0 Å². The fraction of sp³-hybridized carbons (Fsp3) is 0.733. The molecule has 2 aliphatic carbocycles. The number of nitrogens with zero attached hydrogens (tertiary/aromatic N) is 1. The van der Waals surface area contributed by atoms with Crippen LogP contribution in [0, 0.1) is 5.92 Å². The molecule has 1 heterocycles. The molecule has 2 aliphatic rings. The first kappa shape index (κ1) is 12.2. The van der Waals surface area contributed by atoms with Gasteiger partial charge in [-0.2, -0.15) is 0 Å². The van der Waals surface area contributed by atoms with Gasteiger partial charge in [-0.05, 0) is 44.2 Å². The van der Waals surface area contributed by atoms with Gasteiger partial charge in [-0.15, -0.1) is 0 Å². The molecule has 0 aromatic carbocycles. The molecule has 1 aromatic rings. The summed E-state index contributed by atoms with van der Waals surface area (Å²) in [7, 11) is 0. The molecule has 100 valence electrons. The lowest BCUT2D eigenvalue weighted by atomic mass is 10.2. The maximum atomic E-state index is 5.69. The molecular formula is C15H24N2O. The molecule has 0 unspecified atom stereocenters. The molecule has 3 heteroatoms. The van der Waals surface area contributed by atoms with Crippen LogP contribution in [0.3, 0.4) is 0 Å². The van der Waals surface area contributed by atoms with E-state index in [4.69, 9.17) is 4.42 Å². The molecule has 0 radical (unpaired) electrons. The molecule has 0 spiro atoms. The molecule has 0 bridgehead atoms. The molecule has 0 atom stereocenters. The van der Waals surface area contributed by atoms with E-state index in [0.29, 0.717) is 0 Å². The van der Waals surface area contributed by atoms with Crippen LogP contribution in [0.1, 0.15) is 43.9 Å². The number of hydrogen-bond acceptors (Lipinski definition) is 3. The van der Waals surface area contributed by atoms with Crippen LogP contribution in [0.25, 0.3) is 0 Å². The molecule has 0 aliphatic heterocycles. The summed E-state index contributed by atoms with van der Waals surface area (Å²) in [4.78, 5) is 2.63. The highest BCUT2D eigenvalue weighted by molar-refractivity contribution is 5.13. The Kier molecular flexibility index (Phi) is 3.71. The Morgan fingerprint density at radius 2 is 2.17 bits per heavy atom. The van der Waals surface area contributed by atoms with Crippen LogP contribution in [0.5, 0.6) is 0 Å². The van der Waals surface area contributed by atoms with E-state index in [-0.39, 0.29) is 0 Å². The van der Waals surface area contributed by atoms with Gasteiger partial charge in [0.25, 0.3) is 0 Å². The monoisotopic (exact) mass is 248 g/mol. The average Bonchev–Trinajstić information content (AvgIpc) is 3.26. The normalized spacial score (nSPS) is 19.7. The summed E-state index contributed by atoms with van der Waals surface area (Å²) in [5, 5.41) is 3.33.